The SMILES string of the molecule is C/C=C(\C)CNc1c(/C=C/[C@H](CCC)CC(=O)O)cc(S(C)(=O)=O)cc1C(C)O.C=CC(C)Cl.CC. The molecule has 0 amide bonds. The summed E-state index contributed by atoms with van der Waals surface area (Å²) in [5, 5.41) is 22.8. The third kappa shape index (κ3) is 15.1. The summed E-state index contributed by atoms with van der Waals surface area (Å²) in [6.45, 7) is 17.3. The second-order valence-electron chi connectivity index (χ2n) is 8.33. The zero-order chi connectivity index (χ0) is 28.5. The highest BCUT2D eigenvalue weighted by Gasteiger charge is 2.18. The van der Waals surface area contributed by atoms with Gasteiger partial charge in [-0.05, 0) is 57.7 Å². The fourth-order valence-electron chi connectivity index (χ4n) is 2.97. The number of alkyl halides is 1. The smallest absolute Gasteiger partial charge is 0.303 e. The number of halogens is 1. The quantitative estimate of drug-likeness (QED) is 0.189. The molecular weight excluding hydrogens is 498 g/mol. The molecule has 0 fully saturated rings. The van der Waals surface area contributed by atoms with Crippen LogP contribution in [0.1, 0.15) is 85.0 Å². The van der Waals surface area contributed by atoms with Crippen molar-refractivity contribution in [3.05, 3.63) is 53.6 Å². The predicted molar refractivity (Wildman–Crippen MR) is 155 cm³/mol. The first kappa shape index (κ1) is 36.1. The summed E-state index contributed by atoms with van der Waals surface area (Å²) in [5.74, 6) is -1.02. The van der Waals surface area contributed by atoms with Crippen molar-refractivity contribution in [1.29, 1.82) is 0 Å². The Morgan fingerprint density at radius 2 is 1.81 bits per heavy atom. The number of allylic oxidation sites excluding steroid dienone is 3. The van der Waals surface area contributed by atoms with Gasteiger partial charge in [-0.2, -0.15) is 0 Å². The van der Waals surface area contributed by atoms with Gasteiger partial charge in [0.2, 0.25) is 0 Å². The Morgan fingerprint density at radius 1 is 1.25 bits per heavy atom. The van der Waals surface area contributed by atoms with Gasteiger partial charge in [0, 0.05) is 29.4 Å². The molecule has 0 aromatic heterocycles. The number of benzene rings is 1. The van der Waals surface area contributed by atoms with Crippen molar-refractivity contribution < 1.29 is 23.4 Å². The molecule has 3 atom stereocenters. The molecule has 0 aliphatic carbocycles. The second-order valence-corrected chi connectivity index (χ2v) is 11.0. The van der Waals surface area contributed by atoms with Gasteiger partial charge in [0.1, 0.15) is 0 Å². The van der Waals surface area contributed by atoms with Gasteiger partial charge >= 0.3 is 5.97 Å². The highest BCUT2D eigenvalue weighted by atomic mass is 35.5. The van der Waals surface area contributed by atoms with Gasteiger partial charge in [0.05, 0.1) is 17.4 Å². The molecule has 36 heavy (non-hydrogen) atoms. The van der Waals surface area contributed by atoms with Gasteiger partial charge in [-0.1, -0.05) is 57.1 Å². The molecule has 3 N–H and O–H groups in total. The third-order valence-corrected chi connectivity index (χ3v) is 6.33. The molecule has 0 saturated heterocycles. The fraction of sp³-hybridized carbons (Fsp3) is 0.536. The topological polar surface area (TPSA) is 104 Å². The maximum atomic E-state index is 12.2. The van der Waals surface area contributed by atoms with Gasteiger partial charge < -0.3 is 15.5 Å². The largest absolute Gasteiger partial charge is 0.481 e. The standard InChI is InChI=1S/C22H33NO5S.C4H7Cl.C2H6/c1-6-8-17(11-21(25)26)9-10-18-12-19(29(5,27)28)13-20(16(4)24)22(18)23-14-15(3)7-2;1-3-4(2)5;1-2/h7,9-10,12-13,16-17,23-24H,6,8,11,14H2,1-5H3,(H,25,26);3-4H,1H2,2H3;1-2H3/b10-9+,15-7+;;/t16?,17-;;/m0../s1. The van der Waals surface area contributed by atoms with Gasteiger partial charge in [-0.25, -0.2) is 8.42 Å². The molecule has 0 radical (unpaired) electrons. The summed E-state index contributed by atoms with van der Waals surface area (Å²) >= 11 is 5.34. The van der Waals surface area contributed by atoms with Crippen LogP contribution in [0, 0.1) is 5.92 Å². The number of aliphatic carboxylic acids is 1. The number of aliphatic hydroxyl groups excluding tert-OH is 1. The molecule has 0 aliphatic rings. The molecule has 0 saturated carbocycles. The minimum Gasteiger partial charge on any atom is -0.481 e. The van der Waals surface area contributed by atoms with E-state index in [1.54, 1.807) is 25.1 Å². The fourth-order valence-corrected chi connectivity index (χ4v) is 3.65. The lowest BCUT2D eigenvalue weighted by atomic mass is 9.96. The number of hydrogen-bond donors (Lipinski definition) is 3. The Labute approximate surface area is 224 Å². The van der Waals surface area contributed by atoms with Crippen molar-refractivity contribution in [3.8, 4) is 0 Å². The Balaban J connectivity index is 0. The molecule has 0 heterocycles. The van der Waals surface area contributed by atoms with Crippen LogP contribution in [0.25, 0.3) is 6.08 Å². The van der Waals surface area contributed by atoms with E-state index in [1.807, 2.05) is 53.7 Å². The summed E-state index contributed by atoms with van der Waals surface area (Å²) in [6.07, 6.45) is 9.07. The van der Waals surface area contributed by atoms with E-state index in [2.05, 4.69) is 11.9 Å². The maximum Gasteiger partial charge on any atom is 0.303 e. The van der Waals surface area contributed by atoms with E-state index in [9.17, 15) is 18.3 Å². The highest BCUT2D eigenvalue weighted by Crippen LogP contribution is 2.32. The summed E-state index contributed by atoms with van der Waals surface area (Å²) in [4.78, 5) is 11.3. The van der Waals surface area contributed by atoms with Crippen LogP contribution >= 0.6 is 11.6 Å². The predicted octanol–water partition coefficient (Wildman–Crippen LogP) is 7.25. The van der Waals surface area contributed by atoms with Gasteiger partial charge in [0.15, 0.2) is 9.84 Å². The molecule has 0 bridgehead atoms. The lowest BCUT2D eigenvalue weighted by Gasteiger charge is -2.19. The van der Waals surface area contributed by atoms with Crippen molar-refractivity contribution >= 4 is 39.2 Å². The molecular formula is C28H46ClNO5S. The molecule has 0 aliphatic heterocycles. The average molecular weight is 544 g/mol. The monoisotopic (exact) mass is 543 g/mol. The molecule has 206 valence electrons. The van der Waals surface area contributed by atoms with Crippen LogP contribution in [0.4, 0.5) is 5.69 Å². The molecule has 6 nitrogen and oxygen atoms in total. The molecule has 1 aromatic carbocycles. The number of carboxylic acids is 1. The Kier molecular flexibility index (Phi) is 19.1. The van der Waals surface area contributed by atoms with E-state index in [-0.39, 0.29) is 22.6 Å². The van der Waals surface area contributed by atoms with Crippen LogP contribution in [-0.2, 0) is 14.6 Å². The molecule has 2 unspecified atom stereocenters. The van der Waals surface area contributed by atoms with E-state index in [4.69, 9.17) is 16.7 Å². The zero-order valence-corrected chi connectivity index (χ0v) is 24.7. The van der Waals surface area contributed by atoms with Crippen molar-refractivity contribution in [2.45, 2.75) is 84.1 Å². The van der Waals surface area contributed by atoms with E-state index in [1.165, 1.54) is 6.07 Å². The Morgan fingerprint density at radius 3 is 2.19 bits per heavy atom. The lowest BCUT2D eigenvalue weighted by molar-refractivity contribution is -0.137. The van der Waals surface area contributed by atoms with Crippen LogP contribution in [0.5, 0.6) is 0 Å². The maximum absolute atomic E-state index is 12.2. The van der Waals surface area contributed by atoms with Crippen molar-refractivity contribution in [1.82, 2.24) is 0 Å². The highest BCUT2D eigenvalue weighted by molar-refractivity contribution is 7.90. The number of hydrogen-bond acceptors (Lipinski definition) is 5. The van der Waals surface area contributed by atoms with Crippen LogP contribution in [-0.4, -0.2) is 42.8 Å². The number of carbonyl (C=O) groups is 1. The molecule has 1 rings (SSSR count). The number of carboxylic acid groups (broad SMARTS) is 1. The van der Waals surface area contributed by atoms with Crippen LogP contribution < -0.4 is 5.32 Å². The first-order valence-electron chi connectivity index (χ1n) is 12.3. The number of aliphatic hydroxyl groups is 1. The minimum atomic E-state index is -3.48. The summed E-state index contributed by atoms with van der Waals surface area (Å²) in [6, 6.07) is 3.06. The Hall–Kier alpha value is -2.09. The summed E-state index contributed by atoms with van der Waals surface area (Å²) in [5.41, 5.74) is 2.84. The first-order chi connectivity index (χ1) is 16.8. The van der Waals surface area contributed by atoms with Crippen LogP contribution in [0.3, 0.4) is 0 Å². The molecule has 0 spiro atoms. The average Bonchev–Trinajstić information content (AvgIpc) is 2.81. The lowest BCUT2D eigenvalue weighted by Crippen LogP contribution is -2.11. The van der Waals surface area contributed by atoms with E-state index < -0.39 is 21.9 Å². The van der Waals surface area contributed by atoms with E-state index in [0.29, 0.717) is 23.4 Å². The normalized spacial score (nSPS) is 14.0. The number of sulfone groups is 1. The summed E-state index contributed by atoms with van der Waals surface area (Å²) in [7, 11) is -3.48. The van der Waals surface area contributed by atoms with Crippen molar-refractivity contribution in [3.63, 3.8) is 0 Å². The minimum absolute atomic E-state index is 0.0137. The second kappa shape index (κ2) is 19.1. The third-order valence-electron chi connectivity index (χ3n) is 5.06. The van der Waals surface area contributed by atoms with Crippen LogP contribution in [0.2, 0.25) is 0 Å². The molecule has 8 heteroatoms. The van der Waals surface area contributed by atoms with E-state index >= 15 is 0 Å². The summed E-state index contributed by atoms with van der Waals surface area (Å²) < 4.78 is 24.3. The van der Waals surface area contributed by atoms with Crippen molar-refractivity contribution in [2.24, 2.45) is 5.92 Å². The number of nitrogens with one attached hydrogen (secondary N) is 1. The van der Waals surface area contributed by atoms with E-state index in [0.717, 1.165) is 24.7 Å². The van der Waals surface area contributed by atoms with Crippen LogP contribution in [0.15, 0.2) is 47.4 Å². The Bertz CT molecular complexity index is 966. The zero-order valence-electron chi connectivity index (χ0n) is 23.1. The first-order valence-corrected chi connectivity index (χ1v) is 14.7. The number of anilines is 1. The van der Waals surface area contributed by atoms with Gasteiger partial charge in [0.25, 0.3) is 0 Å². The molecule has 1 aromatic rings. The van der Waals surface area contributed by atoms with Crippen molar-refractivity contribution in [2.75, 3.05) is 18.1 Å². The van der Waals surface area contributed by atoms with Gasteiger partial charge in [-0.3, -0.25) is 4.79 Å². The number of rotatable bonds is 12. The van der Waals surface area contributed by atoms with Gasteiger partial charge in [-0.15, -0.1) is 18.2 Å².